The van der Waals surface area contributed by atoms with E-state index in [1.807, 2.05) is 19.1 Å². The maximum Gasteiger partial charge on any atom is 0.243 e. The Labute approximate surface area is 210 Å². The molecule has 1 heterocycles. The molecule has 0 bridgehead atoms. The Bertz CT molecular complexity index is 1310. The number of sulfonamides is 1. The molecule has 3 aromatic rings. The number of nitrogens with zero attached hydrogens (tertiary/aromatic N) is 1. The summed E-state index contributed by atoms with van der Waals surface area (Å²) in [6.07, 6.45) is 1.16. The maximum atomic E-state index is 13.2. The highest BCUT2D eigenvalue weighted by atomic mass is 35.5. The number of para-hydroxylation sites is 2. The average molecular weight is 515 g/mol. The van der Waals surface area contributed by atoms with Gasteiger partial charge in [0.15, 0.2) is 17.2 Å². The van der Waals surface area contributed by atoms with Crippen molar-refractivity contribution >= 4 is 33.2 Å². The fourth-order valence-electron chi connectivity index (χ4n) is 3.98. The molecular formula is C26H27ClN2O5S. The molecule has 1 amide bonds. The predicted molar refractivity (Wildman–Crippen MR) is 136 cm³/mol. The maximum absolute atomic E-state index is 13.2. The number of nitrogens with one attached hydrogen (secondary N) is 1. The third-order valence-electron chi connectivity index (χ3n) is 5.90. The molecule has 7 nitrogen and oxygen atoms in total. The molecule has 3 aromatic carbocycles. The van der Waals surface area contributed by atoms with E-state index in [1.165, 1.54) is 4.31 Å². The fraction of sp³-hybridized carbons (Fsp3) is 0.269. The number of amides is 1. The summed E-state index contributed by atoms with van der Waals surface area (Å²) >= 11 is 6.19. The lowest BCUT2D eigenvalue weighted by Crippen LogP contribution is -2.43. The van der Waals surface area contributed by atoms with Crippen molar-refractivity contribution in [2.45, 2.75) is 24.7 Å². The number of methoxy groups -OCH3 is 1. The van der Waals surface area contributed by atoms with Crippen LogP contribution in [0.2, 0.25) is 5.02 Å². The summed E-state index contributed by atoms with van der Waals surface area (Å²) in [6.45, 7) is 2.38. The Kier molecular flexibility index (Phi) is 7.64. The van der Waals surface area contributed by atoms with E-state index < -0.39 is 15.9 Å². The van der Waals surface area contributed by atoms with Crippen LogP contribution in [0, 0.1) is 12.8 Å². The lowest BCUT2D eigenvalue weighted by Gasteiger charge is -2.31. The lowest BCUT2D eigenvalue weighted by molar-refractivity contribution is -0.120. The quantitative estimate of drug-likeness (QED) is 0.450. The second kappa shape index (κ2) is 10.7. The van der Waals surface area contributed by atoms with Crippen molar-refractivity contribution in [3.05, 3.63) is 77.3 Å². The van der Waals surface area contributed by atoms with Crippen molar-refractivity contribution in [3.8, 4) is 17.2 Å². The SMILES string of the molecule is COc1ccccc1Oc1ccc(Cl)cc1NC(=O)C1CCCN(S(=O)(=O)c2ccc(C)cc2)C1. The number of halogens is 1. The molecule has 35 heavy (non-hydrogen) atoms. The van der Waals surface area contributed by atoms with Gasteiger partial charge in [0.25, 0.3) is 0 Å². The number of benzene rings is 3. The van der Waals surface area contributed by atoms with Gasteiger partial charge in [-0.1, -0.05) is 41.4 Å². The van der Waals surface area contributed by atoms with Gasteiger partial charge in [0.2, 0.25) is 15.9 Å². The van der Waals surface area contributed by atoms with Gasteiger partial charge in [0.1, 0.15) is 0 Å². The molecule has 1 saturated heterocycles. The number of rotatable bonds is 7. The molecule has 0 aromatic heterocycles. The third kappa shape index (κ3) is 5.78. The van der Waals surface area contributed by atoms with Gasteiger partial charge in [-0.25, -0.2) is 8.42 Å². The second-order valence-electron chi connectivity index (χ2n) is 8.40. The van der Waals surface area contributed by atoms with Gasteiger partial charge in [0, 0.05) is 18.1 Å². The van der Waals surface area contributed by atoms with Crippen LogP contribution in [0.1, 0.15) is 18.4 Å². The average Bonchev–Trinajstić information content (AvgIpc) is 2.86. The first-order valence-corrected chi connectivity index (χ1v) is 13.1. The van der Waals surface area contributed by atoms with Crippen LogP contribution in [0.4, 0.5) is 5.69 Å². The molecule has 0 radical (unpaired) electrons. The van der Waals surface area contributed by atoms with Crippen LogP contribution in [-0.4, -0.2) is 38.8 Å². The Morgan fingerprint density at radius 2 is 1.74 bits per heavy atom. The summed E-state index contributed by atoms with van der Waals surface area (Å²) in [4.78, 5) is 13.4. The first kappa shape index (κ1) is 25.0. The molecule has 1 fully saturated rings. The zero-order valence-electron chi connectivity index (χ0n) is 19.5. The smallest absolute Gasteiger partial charge is 0.243 e. The Morgan fingerprint density at radius 3 is 2.46 bits per heavy atom. The number of carbonyl (C=O) groups excluding carboxylic acids is 1. The van der Waals surface area contributed by atoms with Gasteiger partial charge in [-0.05, 0) is 62.2 Å². The molecule has 1 aliphatic heterocycles. The standard InChI is InChI=1S/C26H27ClN2O5S/c1-18-9-12-21(13-10-18)35(31,32)29-15-5-6-19(17-29)26(30)28-22-16-20(27)11-14-23(22)34-25-8-4-3-7-24(25)33-2/h3-4,7-14,16,19H,5-6,15,17H2,1-2H3,(H,28,30). The minimum absolute atomic E-state index is 0.102. The van der Waals surface area contributed by atoms with Crippen LogP contribution < -0.4 is 14.8 Å². The molecule has 184 valence electrons. The van der Waals surface area contributed by atoms with Crippen LogP contribution in [0.25, 0.3) is 0 Å². The highest BCUT2D eigenvalue weighted by molar-refractivity contribution is 7.89. The highest BCUT2D eigenvalue weighted by Gasteiger charge is 2.33. The molecule has 1 atom stereocenters. The van der Waals surface area contributed by atoms with Crippen molar-refractivity contribution < 1.29 is 22.7 Å². The van der Waals surface area contributed by atoms with Gasteiger partial charge in [-0.3, -0.25) is 4.79 Å². The number of piperidine rings is 1. The van der Waals surface area contributed by atoms with Gasteiger partial charge in [0.05, 0.1) is 23.6 Å². The van der Waals surface area contributed by atoms with E-state index in [-0.39, 0.29) is 17.3 Å². The summed E-state index contributed by atoms with van der Waals surface area (Å²) in [7, 11) is -2.14. The van der Waals surface area contributed by atoms with Crippen molar-refractivity contribution in [2.24, 2.45) is 5.92 Å². The monoisotopic (exact) mass is 514 g/mol. The van der Waals surface area contributed by atoms with E-state index in [4.69, 9.17) is 21.1 Å². The summed E-state index contributed by atoms with van der Waals surface area (Å²) in [6, 6.07) is 18.8. The largest absolute Gasteiger partial charge is 0.493 e. The second-order valence-corrected chi connectivity index (χ2v) is 10.8. The van der Waals surface area contributed by atoms with E-state index in [2.05, 4.69) is 5.32 Å². The number of hydrogen-bond donors (Lipinski definition) is 1. The van der Waals surface area contributed by atoms with Crippen LogP contribution in [-0.2, 0) is 14.8 Å². The molecule has 1 unspecified atom stereocenters. The molecule has 0 spiro atoms. The van der Waals surface area contributed by atoms with Gasteiger partial charge in [-0.15, -0.1) is 0 Å². The normalized spacial score (nSPS) is 16.5. The zero-order chi connectivity index (χ0) is 25.0. The molecule has 1 aliphatic rings. The van der Waals surface area contributed by atoms with Crippen LogP contribution >= 0.6 is 11.6 Å². The van der Waals surface area contributed by atoms with E-state index in [0.717, 1.165) is 5.56 Å². The van der Waals surface area contributed by atoms with Crippen LogP contribution in [0.3, 0.4) is 0 Å². The predicted octanol–water partition coefficient (Wildman–Crippen LogP) is 5.49. The number of aryl methyl sites for hydroxylation is 1. The fourth-order valence-corrected chi connectivity index (χ4v) is 5.68. The minimum atomic E-state index is -3.69. The van der Waals surface area contributed by atoms with Crippen molar-refractivity contribution in [1.29, 1.82) is 0 Å². The van der Waals surface area contributed by atoms with Crippen molar-refractivity contribution in [2.75, 3.05) is 25.5 Å². The van der Waals surface area contributed by atoms with E-state index >= 15 is 0 Å². The Hall–Kier alpha value is -3.07. The Balaban J connectivity index is 1.51. The van der Waals surface area contributed by atoms with Crippen molar-refractivity contribution in [1.82, 2.24) is 4.31 Å². The molecular weight excluding hydrogens is 488 g/mol. The van der Waals surface area contributed by atoms with Gasteiger partial charge < -0.3 is 14.8 Å². The lowest BCUT2D eigenvalue weighted by atomic mass is 9.98. The van der Waals surface area contributed by atoms with Crippen LogP contribution in [0.15, 0.2) is 71.6 Å². The highest BCUT2D eigenvalue weighted by Crippen LogP contribution is 2.37. The molecule has 1 N–H and O–H groups in total. The molecule has 9 heteroatoms. The molecule has 4 rings (SSSR count). The number of carbonyl (C=O) groups is 1. The number of hydrogen-bond acceptors (Lipinski definition) is 5. The molecule has 0 aliphatic carbocycles. The summed E-state index contributed by atoms with van der Waals surface area (Å²) < 4.78 is 39.0. The van der Waals surface area contributed by atoms with E-state index in [9.17, 15) is 13.2 Å². The van der Waals surface area contributed by atoms with E-state index in [1.54, 1.807) is 61.7 Å². The third-order valence-corrected chi connectivity index (χ3v) is 8.02. The van der Waals surface area contributed by atoms with Crippen LogP contribution in [0.5, 0.6) is 17.2 Å². The Morgan fingerprint density at radius 1 is 1.03 bits per heavy atom. The number of ether oxygens (including phenoxy) is 2. The summed E-state index contributed by atoms with van der Waals surface area (Å²) in [5.74, 6) is 0.625. The topological polar surface area (TPSA) is 84.9 Å². The minimum Gasteiger partial charge on any atom is -0.493 e. The van der Waals surface area contributed by atoms with E-state index in [0.29, 0.717) is 47.3 Å². The van der Waals surface area contributed by atoms with Crippen molar-refractivity contribution in [3.63, 3.8) is 0 Å². The van der Waals surface area contributed by atoms with Gasteiger partial charge in [-0.2, -0.15) is 4.31 Å². The molecule has 0 saturated carbocycles. The van der Waals surface area contributed by atoms with Gasteiger partial charge >= 0.3 is 0 Å². The first-order chi connectivity index (χ1) is 16.8. The number of anilines is 1. The summed E-state index contributed by atoms with van der Waals surface area (Å²) in [5.41, 5.74) is 1.37. The zero-order valence-corrected chi connectivity index (χ0v) is 21.1. The summed E-state index contributed by atoms with van der Waals surface area (Å²) in [5, 5.41) is 3.32. The first-order valence-electron chi connectivity index (χ1n) is 11.3.